The minimum absolute atomic E-state index is 0.304. The molecule has 7 heteroatoms. The molecule has 1 aromatic carbocycles. The van der Waals surface area contributed by atoms with E-state index in [1.807, 2.05) is 0 Å². The number of benzene rings is 1. The van der Waals surface area contributed by atoms with E-state index in [4.69, 9.17) is 4.74 Å². The molecule has 1 aromatic rings. The lowest BCUT2D eigenvalue weighted by molar-refractivity contribution is -0.137. The highest BCUT2D eigenvalue weighted by Gasteiger charge is 2.30. The van der Waals surface area contributed by atoms with Gasteiger partial charge in [0.15, 0.2) is 0 Å². The van der Waals surface area contributed by atoms with Crippen molar-refractivity contribution in [3.63, 3.8) is 0 Å². The topological polar surface area (TPSA) is 21.6 Å². The van der Waals surface area contributed by atoms with Crippen molar-refractivity contribution < 1.29 is 17.9 Å². The molecular weight excluding hydrogens is 259 g/mol. The summed E-state index contributed by atoms with van der Waals surface area (Å²) in [5.74, 6) is 0.304. The van der Waals surface area contributed by atoms with Gasteiger partial charge in [0.25, 0.3) is 0 Å². The third-order valence-corrected chi connectivity index (χ3v) is 2.83. The van der Waals surface area contributed by atoms with E-state index >= 15 is 0 Å². The zero-order valence-electron chi connectivity index (χ0n) is 7.73. The van der Waals surface area contributed by atoms with Crippen molar-refractivity contribution in [1.29, 1.82) is 0 Å². The van der Waals surface area contributed by atoms with Crippen molar-refractivity contribution in [2.45, 2.75) is 10.9 Å². The maximum atomic E-state index is 12.3. The Bertz CT molecular complexity index is 416. The number of nitrogens with zero attached hydrogens (tertiary/aromatic N) is 1. The minimum atomic E-state index is -4.32. The van der Waals surface area contributed by atoms with Crippen LogP contribution in [0.4, 0.5) is 13.2 Å². The van der Waals surface area contributed by atoms with Crippen LogP contribution in [0.25, 0.3) is 0 Å². The number of alkyl halides is 3. The van der Waals surface area contributed by atoms with Crippen molar-refractivity contribution >= 4 is 30.5 Å². The predicted octanol–water partition coefficient (Wildman–Crippen LogP) is 3.34. The third kappa shape index (κ3) is 2.46. The molecule has 0 aliphatic carbocycles. The van der Waals surface area contributed by atoms with E-state index < -0.39 is 16.5 Å². The van der Waals surface area contributed by atoms with Crippen LogP contribution in [0.15, 0.2) is 28.7 Å². The normalized spacial score (nSPS) is 20.5. The fraction of sp³-hybridized carbons (Fsp3) is 0.222. The molecule has 0 aromatic heterocycles. The largest absolute Gasteiger partial charge is 0.450 e. The first-order valence-corrected chi connectivity index (χ1v) is 5.58. The molecular formula is C9H6F3NOS2. The molecule has 16 heavy (non-hydrogen) atoms. The van der Waals surface area contributed by atoms with Crippen LogP contribution in [0.1, 0.15) is 11.1 Å². The zero-order valence-corrected chi connectivity index (χ0v) is 9.44. The summed E-state index contributed by atoms with van der Waals surface area (Å²) in [6.07, 6.45) is -4.32. The average molecular weight is 265 g/mol. The lowest BCUT2D eigenvalue weighted by Gasteiger charge is -2.07. The van der Waals surface area contributed by atoms with Gasteiger partial charge in [-0.2, -0.15) is 17.6 Å². The first kappa shape index (κ1) is 11.7. The summed E-state index contributed by atoms with van der Waals surface area (Å²) in [5.41, 5.74) is -0.179. The summed E-state index contributed by atoms with van der Waals surface area (Å²) in [6, 6.07) is 4.65. The molecule has 0 N–H and O–H groups in total. The highest BCUT2D eigenvalue weighted by molar-refractivity contribution is 8.09. The predicted molar refractivity (Wildman–Crippen MR) is 59.4 cm³/mol. The van der Waals surface area contributed by atoms with Crippen LogP contribution in [0.2, 0.25) is 0 Å². The summed E-state index contributed by atoms with van der Waals surface area (Å²) in [6.45, 7) is 0. The van der Waals surface area contributed by atoms with Crippen LogP contribution < -0.4 is 0 Å². The molecule has 1 aliphatic heterocycles. The Balaban J connectivity index is 2.20. The molecule has 0 saturated carbocycles. The molecule has 1 atom stereocenters. The van der Waals surface area contributed by atoms with Gasteiger partial charge in [0.2, 0.25) is 10.7 Å². The molecule has 1 heterocycles. The summed E-state index contributed by atoms with van der Waals surface area (Å²) < 4.78 is 45.6. The zero-order chi connectivity index (χ0) is 11.8. The molecule has 2 rings (SSSR count). The van der Waals surface area contributed by atoms with Gasteiger partial charge in [-0.15, -0.1) is 12.6 Å². The molecule has 0 spiro atoms. The maximum Gasteiger partial charge on any atom is 0.416 e. The van der Waals surface area contributed by atoms with Gasteiger partial charge in [0, 0.05) is 17.5 Å². The summed E-state index contributed by atoms with van der Waals surface area (Å²) >= 11 is 5.13. The van der Waals surface area contributed by atoms with Crippen LogP contribution >= 0.6 is 24.6 Å². The van der Waals surface area contributed by atoms with Gasteiger partial charge < -0.3 is 4.74 Å². The number of ether oxygens (including phenoxy) is 1. The fourth-order valence-electron chi connectivity index (χ4n) is 1.15. The van der Waals surface area contributed by atoms with E-state index in [2.05, 4.69) is 17.0 Å². The molecule has 1 aliphatic rings. The molecule has 0 amide bonds. The maximum absolute atomic E-state index is 12.3. The van der Waals surface area contributed by atoms with Gasteiger partial charge >= 0.3 is 6.18 Å². The Morgan fingerprint density at radius 2 is 1.88 bits per heavy atom. The van der Waals surface area contributed by atoms with E-state index in [0.29, 0.717) is 11.5 Å². The Morgan fingerprint density at radius 3 is 2.31 bits per heavy atom. The van der Waals surface area contributed by atoms with Crippen molar-refractivity contribution in [2.75, 3.05) is 0 Å². The van der Waals surface area contributed by atoms with E-state index in [0.717, 1.165) is 24.1 Å². The van der Waals surface area contributed by atoms with Gasteiger partial charge in [0.05, 0.1) is 5.56 Å². The van der Waals surface area contributed by atoms with Gasteiger partial charge in [-0.05, 0) is 24.3 Å². The first-order chi connectivity index (χ1) is 7.47. The van der Waals surface area contributed by atoms with Crippen molar-refractivity contribution in [3.05, 3.63) is 35.4 Å². The number of hydrogen-bond donors (Lipinski definition) is 1. The SMILES string of the molecule is FC(F)(F)c1ccc(C2=NSC(S)O2)cc1. The molecule has 86 valence electrons. The summed E-state index contributed by atoms with van der Waals surface area (Å²) in [7, 11) is 0. The van der Waals surface area contributed by atoms with Crippen LogP contribution in [-0.2, 0) is 10.9 Å². The monoisotopic (exact) mass is 265 g/mol. The van der Waals surface area contributed by atoms with Crippen LogP contribution in [-0.4, -0.2) is 10.7 Å². The number of halogens is 3. The quantitative estimate of drug-likeness (QED) is 0.621. The Labute approximate surface area is 99.4 Å². The van der Waals surface area contributed by atoms with Crippen molar-refractivity contribution in [2.24, 2.45) is 4.40 Å². The van der Waals surface area contributed by atoms with E-state index in [1.54, 1.807) is 0 Å². The first-order valence-electron chi connectivity index (χ1n) is 4.23. The smallest absolute Gasteiger partial charge is 0.416 e. The standard InChI is InChI=1S/C9H6F3NOS2/c10-9(11,12)6-3-1-5(2-4-6)7-13-16-8(15)14-7/h1-4,8,15H. The Morgan fingerprint density at radius 1 is 1.25 bits per heavy atom. The third-order valence-electron chi connectivity index (χ3n) is 1.90. The lowest BCUT2D eigenvalue weighted by atomic mass is 10.1. The number of rotatable bonds is 1. The van der Waals surface area contributed by atoms with Gasteiger partial charge in [-0.1, -0.05) is 0 Å². The van der Waals surface area contributed by atoms with Crippen LogP contribution in [0, 0.1) is 0 Å². The van der Waals surface area contributed by atoms with Gasteiger partial charge in [0.1, 0.15) is 0 Å². The number of thiol groups is 1. The molecule has 2 nitrogen and oxygen atoms in total. The van der Waals surface area contributed by atoms with E-state index in [-0.39, 0.29) is 0 Å². The second-order valence-corrected chi connectivity index (χ2v) is 4.64. The molecule has 1 unspecified atom stereocenters. The molecule has 0 bridgehead atoms. The van der Waals surface area contributed by atoms with Gasteiger partial charge in [-0.3, -0.25) is 0 Å². The summed E-state index contributed by atoms with van der Waals surface area (Å²) in [4.78, 5) is 0. The Kier molecular flexibility index (Phi) is 3.07. The van der Waals surface area contributed by atoms with Crippen molar-refractivity contribution in [1.82, 2.24) is 0 Å². The fourth-order valence-corrected chi connectivity index (χ4v) is 1.86. The Hall–Kier alpha value is -0.820. The number of hydrogen-bond acceptors (Lipinski definition) is 4. The lowest BCUT2D eigenvalue weighted by Crippen LogP contribution is -2.07. The van der Waals surface area contributed by atoms with Crippen molar-refractivity contribution in [3.8, 4) is 0 Å². The van der Waals surface area contributed by atoms with Crippen LogP contribution in [0.3, 0.4) is 0 Å². The second kappa shape index (κ2) is 4.21. The van der Waals surface area contributed by atoms with Gasteiger partial charge in [-0.25, -0.2) is 0 Å². The molecule has 0 saturated heterocycles. The molecule has 0 radical (unpaired) electrons. The van der Waals surface area contributed by atoms with Crippen LogP contribution in [0.5, 0.6) is 0 Å². The minimum Gasteiger partial charge on any atom is -0.450 e. The molecule has 0 fully saturated rings. The highest BCUT2D eigenvalue weighted by Crippen LogP contribution is 2.31. The summed E-state index contributed by atoms with van der Waals surface area (Å²) in [5, 5.41) is 0. The second-order valence-electron chi connectivity index (χ2n) is 3.00. The van der Waals surface area contributed by atoms with E-state index in [1.165, 1.54) is 12.1 Å². The van der Waals surface area contributed by atoms with E-state index in [9.17, 15) is 13.2 Å². The average Bonchev–Trinajstić information content (AvgIpc) is 2.64. The highest BCUT2D eigenvalue weighted by atomic mass is 32.2.